The maximum absolute atomic E-state index is 11.1. The van der Waals surface area contributed by atoms with Gasteiger partial charge in [-0.1, -0.05) is 18.2 Å². The van der Waals surface area contributed by atoms with E-state index in [2.05, 4.69) is 11.4 Å². The Bertz CT molecular complexity index is 517. The van der Waals surface area contributed by atoms with Crippen LogP contribution in [-0.4, -0.2) is 30.4 Å². The molecule has 100 valence electrons. The van der Waals surface area contributed by atoms with Crippen LogP contribution in [0.2, 0.25) is 0 Å². The maximum atomic E-state index is 11.1. The number of ether oxygens (including phenoxy) is 1. The molecule has 2 aliphatic rings. The number of para-hydroxylation sites is 1. The summed E-state index contributed by atoms with van der Waals surface area (Å²) in [5.41, 5.74) is -0.968. The minimum atomic E-state index is -0.965. The monoisotopic (exact) mass is 258 g/mol. The normalized spacial score (nSPS) is 28.8. The van der Waals surface area contributed by atoms with E-state index in [9.17, 15) is 10.4 Å². The van der Waals surface area contributed by atoms with Gasteiger partial charge in [-0.15, -0.1) is 0 Å². The van der Waals surface area contributed by atoms with Gasteiger partial charge in [0.1, 0.15) is 11.2 Å². The van der Waals surface area contributed by atoms with Crippen molar-refractivity contribution in [3.63, 3.8) is 0 Å². The van der Waals surface area contributed by atoms with Gasteiger partial charge in [0.2, 0.25) is 0 Å². The Morgan fingerprint density at radius 3 is 2.68 bits per heavy atom. The predicted molar refractivity (Wildman–Crippen MR) is 70.9 cm³/mol. The van der Waals surface area contributed by atoms with Crippen molar-refractivity contribution in [3.05, 3.63) is 29.8 Å². The summed E-state index contributed by atoms with van der Waals surface area (Å²) in [4.78, 5) is 0. The van der Waals surface area contributed by atoms with Gasteiger partial charge in [0.25, 0.3) is 0 Å². The van der Waals surface area contributed by atoms with Gasteiger partial charge in [-0.2, -0.15) is 5.26 Å². The summed E-state index contributed by atoms with van der Waals surface area (Å²) in [7, 11) is 0. The second-order valence-corrected chi connectivity index (χ2v) is 5.39. The van der Waals surface area contributed by atoms with E-state index in [1.54, 1.807) is 0 Å². The molecule has 0 amide bonds. The lowest BCUT2D eigenvalue weighted by Crippen LogP contribution is -2.57. The summed E-state index contributed by atoms with van der Waals surface area (Å²) in [5, 5.41) is 24.1. The SMILES string of the molecule is N#CC1(C2(O)CCNCC2)CCOc2ccccc21. The first-order valence-corrected chi connectivity index (χ1v) is 6.79. The molecule has 0 bridgehead atoms. The number of aliphatic hydroxyl groups is 1. The lowest BCUT2D eigenvalue weighted by atomic mass is 9.62. The number of piperidine rings is 1. The van der Waals surface area contributed by atoms with Gasteiger partial charge in [-0.25, -0.2) is 0 Å². The fourth-order valence-corrected chi connectivity index (χ4v) is 3.36. The van der Waals surface area contributed by atoms with E-state index in [1.165, 1.54) is 0 Å². The average molecular weight is 258 g/mol. The highest BCUT2D eigenvalue weighted by Crippen LogP contribution is 2.48. The summed E-state index contributed by atoms with van der Waals surface area (Å²) in [6, 6.07) is 10.0. The zero-order valence-corrected chi connectivity index (χ0v) is 10.9. The molecule has 1 saturated heterocycles. The number of nitriles is 1. The molecule has 1 atom stereocenters. The van der Waals surface area contributed by atoms with Gasteiger partial charge in [0.05, 0.1) is 18.3 Å². The van der Waals surface area contributed by atoms with Crippen molar-refractivity contribution >= 4 is 0 Å². The summed E-state index contributed by atoms with van der Waals surface area (Å²) in [6.07, 6.45) is 1.76. The number of hydrogen-bond acceptors (Lipinski definition) is 4. The topological polar surface area (TPSA) is 65.3 Å². The number of benzene rings is 1. The van der Waals surface area contributed by atoms with Gasteiger partial charge in [-0.3, -0.25) is 0 Å². The van der Waals surface area contributed by atoms with Crippen LogP contribution >= 0.6 is 0 Å². The van der Waals surface area contributed by atoms with Crippen molar-refractivity contribution in [3.8, 4) is 11.8 Å². The number of rotatable bonds is 1. The van der Waals surface area contributed by atoms with E-state index < -0.39 is 11.0 Å². The van der Waals surface area contributed by atoms with Gasteiger partial charge in [-0.05, 0) is 32.0 Å². The van der Waals surface area contributed by atoms with Crippen LogP contribution in [0.4, 0.5) is 0 Å². The first-order valence-electron chi connectivity index (χ1n) is 6.79. The highest BCUT2D eigenvalue weighted by atomic mass is 16.5. The fraction of sp³-hybridized carbons (Fsp3) is 0.533. The van der Waals surface area contributed by atoms with Crippen molar-refractivity contribution < 1.29 is 9.84 Å². The molecule has 0 aromatic heterocycles. The minimum absolute atomic E-state index is 0.486. The van der Waals surface area contributed by atoms with E-state index in [-0.39, 0.29) is 0 Å². The first-order chi connectivity index (χ1) is 9.22. The molecule has 0 spiro atoms. The average Bonchev–Trinajstić information content (AvgIpc) is 2.47. The van der Waals surface area contributed by atoms with Gasteiger partial charge < -0.3 is 15.2 Å². The van der Waals surface area contributed by atoms with Gasteiger partial charge in [0.15, 0.2) is 0 Å². The van der Waals surface area contributed by atoms with E-state index in [0.29, 0.717) is 25.9 Å². The second kappa shape index (κ2) is 4.52. The van der Waals surface area contributed by atoms with Crippen molar-refractivity contribution in [2.45, 2.75) is 30.3 Å². The van der Waals surface area contributed by atoms with Crippen molar-refractivity contribution in [2.75, 3.05) is 19.7 Å². The van der Waals surface area contributed by atoms with Crippen LogP contribution in [0.5, 0.6) is 5.75 Å². The van der Waals surface area contributed by atoms with E-state index >= 15 is 0 Å². The Morgan fingerprint density at radius 2 is 1.95 bits per heavy atom. The molecule has 4 heteroatoms. The minimum Gasteiger partial charge on any atom is -0.493 e. The molecule has 4 nitrogen and oxygen atoms in total. The van der Waals surface area contributed by atoms with E-state index in [1.807, 2.05) is 24.3 Å². The molecule has 1 fully saturated rings. The highest BCUT2D eigenvalue weighted by molar-refractivity contribution is 5.48. The zero-order chi connectivity index (χ0) is 13.3. The largest absolute Gasteiger partial charge is 0.493 e. The number of nitrogens with one attached hydrogen (secondary N) is 1. The van der Waals surface area contributed by atoms with Crippen molar-refractivity contribution in [2.24, 2.45) is 0 Å². The Kier molecular flexibility index (Phi) is 2.96. The Balaban J connectivity index is 2.12. The van der Waals surface area contributed by atoms with Gasteiger partial charge in [0, 0.05) is 12.0 Å². The molecule has 0 aliphatic carbocycles. The van der Waals surface area contributed by atoms with Crippen LogP contribution in [0.25, 0.3) is 0 Å². The third-order valence-corrected chi connectivity index (χ3v) is 4.50. The molecule has 2 aliphatic heterocycles. The van der Waals surface area contributed by atoms with Crippen molar-refractivity contribution in [1.82, 2.24) is 5.32 Å². The maximum Gasteiger partial charge on any atom is 0.124 e. The molecule has 1 aromatic carbocycles. The molecule has 3 rings (SSSR count). The summed E-state index contributed by atoms with van der Waals surface area (Å²) >= 11 is 0. The molecule has 1 unspecified atom stereocenters. The second-order valence-electron chi connectivity index (χ2n) is 5.39. The molecule has 2 heterocycles. The number of hydrogen-bond donors (Lipinski definition) is 2. The predicted octanol–water partition coefficient (Wildman–Crippen LogP) is 1.34. The van der Waals surface area contributed by atoms with Crippen LogP contribution in [-0.2, 0) is 5.41 Å². The first kappa shape index (κ1) is 12.5. The third-order valence-electron chi connectivity index (χ3n) is 4.50. The number of fused-ring (bicyclic) bond motifs is 1. The van der Waals surface area contributed by atoms with Crippen LogP contribution in [0.1, 0.15) is 24.8 Å². The molecule has 2 N–H and O–H groups in total. The molecule has 1 aromatic rings. The zero-order valence-electron chi connectivity index (χ0n) is 10.9. The Morgan fingerprint density at radius 1 is 1.21 bits per heavy atom. The van der Waals surface area contributed by atoms with Gasteiger partial charge >= 0.3 is 0 Å². The van der Waals surface area contributed by atoms with E-state index in [4.69, 9.17) is 4.74 Å². The summed E-state index contributed by atoms with van der Waals surface area (Å²) in [6.45, 7) is 1.99. The van der Waals surface area contributed by atoms with E-state index in [0.717, 1.165) is 24.4 Å². The molecular weight excluding hydrogens is 240 g/mol. The molecule has 0 saturated carbocycles. The van der Waals surface area contributed by atoms with Crippen LogP contribution in [0.15, 0.2) is 24.3 Å². The molecule has 0 radical (unpaired) electrons. The smallest absolute Gasteiger partial charge is 0.124 e. The Hall–Kier alpha value is -1.57. The third kappa shape index (κ3) is 1.73. The van der Waals surface area contributed by atoms with Crippen LogP contribution in [0, 0.1) is 11.3 Å². The standard InChI is InChI=1S/C15H18N2O2/c16-11-14(15(18)5-8-17-9-6-15)7-10-19-13-4-2-1-3-12(13)14/h1-4,17-18H,5-10H2. The quantitative estimate of drug-likeness (QED) is 0.798. The van der Waals surface area contributed by atoms with Crippen molar-refractivity contribution in [1.29, 1.82) is 5.26 Å². The Labute approximate surface area is 113 Å². The lowest BCUT2D eigenvalue weighted by molar-refractivity contribution is -0.0546. The van der Waals surface area contributed by atoms with Crippen LogP contribution in [0.3, 0.4) is 0 Å². The number of nitrogens with zero attached hydrogens (tertiary/aromatic N) is 1. The molecular formula is C15H18N2O2. The van der Waals surface area contributed by atoms with Crippen LogP contribution < -0.4 is 10.1 Å². The summed E-state index contributed by atoms with van der Waals surface area (Å²) < 4.78 is 5.64. The fourth-order valence-electron chi connectivity index (χ4n) is 3.36. The highest BCUT2D eigenvalue weighted by Gasteiger charge is 2.54. The summed E-state index contributed by atoms with van der Waals surface area (Å²) in [5.74, 6) is 0.738. The molecule has 19 heavy (non-hydrogen) atoms. The lowest BCUT2D eigenvalue weighted by Gasteiger charge is -2.47.